The number of rotatable bonds is 7. The van der Waals surface area contributed by atoms with Crippen molar-refractivity contribution < 1.29 is 19.4 Å². The molecule has 2 aliphatic rings. The van der Waals surface area contributed by atoms with Crippen molar-refractivity contribution in [1.29, 1.82) is 0 Å². The van der Waals surface area contributed by atoms with Crippen LogP contribution in [0.4, 0.5) is 0 Å². The first-order chi connectivity index (χ1) is 15.9. The summed E-state index contributed by atoms with van der Waals surface area (Å²) in [7, 11) is 0. The number of azide groups is 1. The number of aromatic nitrogens is 2. The molecule has 0 bridgehead atoms. The maximum absolute atomic E-state index is 13.1. The van der Waals surface area contributed by atoms with Crippen molar-refractivity contribution in [3.05, 3.63) is 78.4 Å². The van der Waals surface area contributed by atoms with Crippen LogP contribution in [0.15, 0.2) is 45.2 Å². The van der Waals surface area contributed by atoms with Crippen LogP contribution in [0.5, 0.6) is 0 Å². The molecule has 1 saturated heterocycles. The van der Waals surface area contributed by atoms with Crippen molar-refractivity contribution in [3.8, 4) is 0 Å². The summed E-state index contributed by atoms with van der Waals surface area (Å²) in [6.45, 7) is 1.22. The Morgan fingerprint density at radius 2 is 1.82 bits per heavy atom. The van der Waals surface area contributed by atoms with Gasteiger partial charge in [-0.2, -0.15) is 0 Å². The van der Waals surface area contributed by atoms with Gasteiger partial charge in [0.05, 0.1) is 29.9 Å². The predicted octanol–water partition coefficient (Wildman–Crippen LogP) is 0.963. The Morgan fingerprint density at radius 3 is 2.42 bits per heavy atom. The van der Waals surface area contributed by atoms with E-state index in [0.717, 1.165) is 9.47 Å². The molecule has 1 aromatic heterocycles. The van der Waals surface area contributed by atoms with Crippen LogP contribution in [0.2, 0.25) is 0 Å². The molecule has 33 heavy (non-hydrogen) atoms. The normalized spacial score (nSPS) is 21.9. The van der Waals surface area contributed by atoms with Crippen molar-refractivity contribution in [2.75, 3.05) is 13.2 Å². The van der Waals surface area contributed by atoms with Crippen LogP contribution in [0.25, 0.3) is 10.4 Å². The lowest BCUT2D eigenvalue weighted by molar-refractivity contribution is -0.0277. The lowest BCUT2D eigenvalue weighted by Gasteiger charge is -2.18. The van der Waals surface area contributed by atoms with E-state index in [1.807, 2.05) is 0 Å². The molecule has 1 N–H and O–H groups in total. The first-order valence-electron chi connectivity index (χ1n) is 10.5. The van der Waals surface area contributed by atoms with Gasteiger partial charge in [-0.15, -0.1) is 0 Å². The van der Waals surface area contributed by atoms with Crippen LogP contribution >= 0.6 is 0 Å². The van der Waals surface area contributed by atoms with E-state index in [4.69, 9.17) is 10.3 Å². The fourth-order valence-corrected chi connectivity index (χ4v) is 4.23. The van der Waals surface area contributed by atoms with Gasteiger partial charge in [0.2, 0.25) is 0 Å². The van der Waals surface area contributed by atoms with Crippen molar-refractivity contribution >= 4 is 11.8 Å². The Bertz CT molecular complexity index is 1240. The molecule has 4 rings (SSSR count). The van der Waals surface area contributed by atoms with Gasteiger partial charge in [0.15, 0.2) is 0 Å². The zero-order valence-electron chi connectivity index (χ0n) is 17.8. The molecule has 2 aliphatic heterocycles. The number of amides is 2. The van der Waals surface area contributed by atoms with Gasteiger partial charge in [-0.25, -0.2) is 4.79 Å². The van der Waals surface area contributed by atoms with E-state index in [2.05, 4.69) is 10.0 Å². The maximum atomic E-state index is 13.1. The summed E-state index contributed by atoms with van der Waals surface area (Å²) < 4.78 is 7.96. The molecule has 3 atom stereocenters. The van der Waals surface area contributed by atoms with E-state index < -0.39 is 41.4 Å². The lowest BCUT2D eigenvalue weighted by Crippen LogP contribution is -2.43. The first kappa shape index (κ1) is 22.5. The summed E-state index contributed by atoms with van der Waals surface area (Å²) in [4.78, 5) is 54.6. The van der Waals surface area contributed by atoms with E-state index in [9.17, 15) is 24.3 Å². The van der Waals surface area contributed by atoms with Gasteiger partial charge in [0.1, 0.15) is 6.23 Å². The Hall–Kier alpha value is -3.73. The van der Waals surface area contributed by atoms with Gasteiger partial charge in [-0.1, -0.05) is 17.2 Å². The Balaban J connectivity index is 1.53. The van der Waals surface area contributed by atoms with E-state index >= 15 is 0 Å². The first-order valence-corrected chi connectivity index (χ1v) is 10.5. The number of imide groups is 1. The standard InChI is InChI=1S/C21H22N6O6/c1-12-10-27(17-9-15(23-24-22)16(11-28)33-17)21(32)26(18(12)29)8-4-7-25-19(30)13-5-2-3-6-14(13)20(25)31/h2-3,5-6,10,15-17,28H,4,7-9,11H2,1H3/t15?,16-,17-/m1/s1. The number of nitrogens with zero attached hydrogens (tertiary/aromatic N) is 6. The molecular formula is C21H22N6O6. The summed E-state index contributed by atoms with van der Waals surface area (Å²) in [6.07, 6.45) is 0.181. The molecular weight excluding hydrogens is 432 g/mol. The molecule has 2 aromatic rings. The fourth-order valence-electron chi connectivity index (χ4n) is 4.23. The number of aliphatic hydroxyl groups excluding tert-OH is 1. The van der Waals surface area contributed by atoms with Crippen molar-refractivity contribution in [3.63, 3.8) is 0 Å². The SMILES string of the molecule is Cc1cn([C@H]2CC(N=[N+]=[N-])[C@@H](CO)O2)c(=O)n(CCCN2C(=O)c3ccccc3C2=O)c1=O. The van der Waals surface area contributed by atoms with Crippen LogP contribution in [-0.4, -0.2) is 56.3 Å². The zero-order valence-corrected chi connectivity index (χ0v) is 17.8. The van der Waals surface area contributed by atoms with Crippen LogP contribution < -0.4 is 11.2 Å². The van der Waals surface area contributed by atoms with E-state index in [1.54, 1.807) is 31.2 Å². The van der Waals surface area contributed by atoms with Crippen molar-refractivity contribution in [2.45, 2.75) is 44.7 Å². The van der Waals surface area contributed by atoms with Gasteiger partial charge in [0.25, 0.3) is 17.4 Å². The highest BCUT2D eigenvalue weighted by Gasteiger charge is 2.37. The Kier molecular flexibility index (Phi) is 6.14. The topological polar surface area (TPSA) is 160 Å². The molecule has 0 spiro atoms. The largest absolute Gasteiger partial charge is 0.394 e. The van der Waals surface area contributed by atoms with Gasteiger partial charge in [0, 0.05) is 36.2 Å². The average molecular weight is 454 g/mol. The van der Waals surface area contributed by atoms with E-state index in [-0.39, 0.29) is 32.5 Å². The molecule has 2 amide bonds. The van der Waals surface area contributed by atoms with Crippen LogP contribution in [-0.2, 0) is 11.3 Å². The third-order valence-electron chi connectivity index (χ3n) is 5.90. The number of fused-ring (bicyclic) bond motifs is 1. The molecule has 0 aliphatic carbocycles. The zero-order chi connectivity index (χ0) is 23.7. The number of aryl methyl sites for hydroxylation is 1. The minimum atomic E-state index is -0.813. The number of aliphatic hydroxyl groups is 1. The van der Waals surface area contributed by atoms with Crippen molar-refractivity contribution in [1.82, 2.24) is 14.0 Å². The molecule has 1 aromatic carbocycles. The second-order valence-corrected chi connectivity index (χ2v) is 7.94. The summed E-state index contributed by atoms with van der Waals surface area (Å²) >= 11 is 0. The number of carbonyl (C=O) groups excluding carboxylic acids is 2. The second kappa shape index (κ2) is 9.02. The summed E-state index contributed by atoms with van der Waals surface area (Å²) in [6, 6.07) is 5.89. The summed E-state index contributed by atoms with van der Waals surface area (Å²) in [5, 5.41) is 13.1. The molecule has 0 radical (unpaired) electrons. The molecule has 1 fully saturated rings. The second-order valence-electron chi connectivity index (χ2n) is 7.94. The molecule has 0 saturated carbocycles. The van der Waals surface area contributed by atoms with E-state index in [0.29, 0.717) is 16.7 Å². The number of hydrogen-bond acceptors (Lipinski definition) is 7. The quantitative estimate of drug-likeness (QED) is 0.284. The third kappa shape index (κ3) is 3.95. The monoisotopic (exact) mass is 454 g/mol. The van der Waals surface area contributed by atoms with Gasteiger partial charge >= 0.3 is 5.69 Å². The molecule has 12 heteroatoms. The number of benzene rings is 1. The van der Waals surface area contributed by atoms with Gasteiger partial charge < -0.3 is 9.84 Å². The van der Waals surface area contributed by atoms with Crippen LogP contribution in [0, 0.1) is 6.92 Å². The fraction of sp³-hybridized carbons (Fsp3) is 0.429. The third-order valence-corrected chi connectivity index (χ3v) is 5.90. The van der Waals surface area contributed by atoms with E-state index in [1.165, 1.54) is 10.8 Å². The van der Waals surface area contributed by atoms with Crippen LogP contribution in [0.1, 0.15) is 45.3 Å². The average Bonchev–Trinajstić information content (AvgIpc) is 3.33. The van der Waals surface area contributed by atoms with Gasteiger partial charge in [-0.05, 0) is 31.0 Å². The van der Waals surface area contributed by atoms with Crippen molar-refractivity contribution in [2.24, 2.45) is 5.11 Å². The minimum Gasteiger partial charge on any atom is -0.394 e. The highest BCUT2D eigenvalue weighted by atomic mass is 16.5. The molecule has 1 unspecified atom stereocenters. The number of hydrogen-bond donors (Lipinski definition) is 1. The minimum absolute atomic E-state index is 0.0112. The number of ether oxygens (including phenoxy) is 1. The predicted molar refractivity (Wildman–Crippen MR) is 115 cm³/mol. The molecule has 172 valence electrons. The smallest absolute Gasteiger partial charge is 0.333 e. The number of carbonyl (C=O) groups is 2. The summed E-state index contributed by atoms with van der Waals surface area (Å²) in [5.41, 5.74) is 8.57. The Morgan fingerprint density at radius 1 is 1.15 bits per heavy atom. The molecule has 3 heterocycles. The van der Waals surface area contributed by atoms with Gasteiger partial charge in [-0.3, -0.25) is 28.4 Å². The van der Waals surface area contributed by atoms with Crippen LogP contribution in [0.3, 0.4) is 0 Å². The Labute approximate surface area is 187 Å². The highest BCUT2D eigenvalue weighted by molar-refractivity contribution is 6.21. The summed E-state index contributed by atoms with van der Waals surface area (Å²) in [5.74, 6) is -0.800. The molecule has 12 nitrogen and oxygen atoms in total. The maximum Gasteiger partial charge on any atom is 0.333 e. The highest BCUT2D eigenvalue weighted by Crippen LogP contribution is 2.30. The lowest BCUT2D eigenvalue weighted by atomic mass is 10.1.